The molecule has 2 N–H and O–H groups in total. The van der Waals surface area contributed by atoms with Crippen LogP contribution >= 0.6 is 0 Å². The van der Waals surface area contributed by atoms with E-state index in [0.29, 0.717) is 11.4 Å². The zero-order valence-corrected chi connectivity index (χ0v) is 18.3. The molecule has 33 heavy (non-hydrogen) atoms. The van der Waals surface area contributed by atoms with Gasteiger partial charge < -0.3 is 10.4 Å². The van der Waals surface area contributed by atoms with E-state index >= 15 is 0 Å². The molecule has 4 aromatic rings. The molecule has 0 fully saturated rings. The van der Waals surface area contributed by atoms with Crippen molar-refractivity contribution in [3.05, 3.63) is 94.9 Å². The smallest absolute Gasteiger partial charge is 0.337 e. The molecular formula is C27H22FN3O2. The predicted molar refractivity (Wildman–Crippen MR) is 127 cm³/mol. The molecule has 0 aliphatic carbocycles. The number of carbonyl (C=O) groups is 1. The molecule has 1 atom stereocenters. The summed E-state index contributed by atoms with van der Waals surface area (Å²) in [5.74, 6) is -1.33. The first-order valence-electron chi connectivity index (χ1n) is 10.5. The van der Waals surface area contributed by atoms with Gasteiger partial charge in [0.2, 0.25) is 0 Å². The maximum absolute atomic E-state index is 13.5. The van der Waals surface area contributed by atoms with Crippen molar-refractivity contribution in [2.24, 2.45) is 0 Å². The van der Waals surface area contributed by atoms with Crippen molar-refractivity contribution < 1.29 is 14.3 Å². The number of aromatic nitrogens is 1. The number of anilines is 1. The second-order valence-electron chi connectivity index (χ2n) is 7.96. The van der Waals surface area contributed by atoms with Crippen LogP contribution in [0.1, 0.15) is 40.1 Å². The number of carboxylic acids is 1. The van der Waals surface area contributed by atoms with Crippen molar-refractivity contribution >= 4 is 22.6 Å². The normalized spacial score (nSPS) is 11.7. The first-order valence-corrected chi connectivity index (χ1v) is 10.5. The molecule has 0 amide bonds. The number of carboxylic acid groups (broad SMARTS) is 1. The number of fused-ring (bicyclic) bond motifs is 1. The van der Waals surface area contributed by atoms with Gasteiger partial charge in [-0.1, -0.05) is 30.3 Å². The molecule has 0 aliphatic heterocycles. The molecule has 6 heteroatoms. The SMILES string of the molecule is Cc1cc(C(C)Nc2ccccc2C(=O)O)c2cc(-c3ccc(F)cc3)c(CC#N)nc2c1. The number of nitrogens with one attached hydrogen (secondary N) is 1. The molecule has 1 heterocycles. The summed E-state index contributed by atoms with van der Waals surface area (Å²) in [6, 6.07) is 20.9. The highest BCUT2D eigenvalue weighted by Gasteiger charge is 2.17. The van der Waals surface area contributed by atoms with Crippen LogP contribution in [0.2, 0.25) is 0 Å². The minimum atomic E-state index is -0.999. The third-order valence-corrected chi connectivity index (χ3v) is 5.59. The van der Waals surface area contributed by atoms with Gasteiger partial charge in [-0.05, 0) is 66.9 Å². The van der Waals surface area contributed by atoms with Gasteiger partial charge in [-0.3, -0.25) is 4.98 Å². The molecule has 4 rings (SSSR count). The van der Waals surface area contributed by atoms with E-state index in [4.69, 9.17) is 4.98 Å². The largest absolute Gasteiger partial charge is 0.478 e. The van der Waals surface area contributed by atoms with Crippen molar-refractivity contribution in [3.8, 4) is 17.2 Å². The summed E-state index contributed by atoms with van der Waals surface area (Å²) in [7, 11) is 0. The summed E-state index contributed by atoms with van der Waals surface area (Å²) in [4.78, 5) is 16.4. The number of rotatable bonds is 6. The van der Waals surface area contributed by atoms with Crippen LogP contribution in [0.5, 0.6) is 0 Å². The van der Waals surface area contributed by atoms with Crippen LogP contribution < -0.4 is 5.32 Å². The maximum Gasteiger partial charge on any atom is 0.337 e. The molecule has 1 unspecified atom stereocenters. The van der Waals surface area contributed by atoms with E-state index in [-0.39, 0.29) is 23.8 Å². The Morgan fingerprint density at radius 1 is 1.15 bits per heavy atom. The highest BCUT2D eigenvalue weighted by Crippen LogP contribution is 2.33. The van der Waals surface area contributed by atoms with Crippen molar-refractivity contribution in [2.75, 3.05) is 5.32 Å². The Morgan fingerprint density at radius 2 is 1.88 bits per heavy atom. The number of aromatic carboxylic acids is 1. The van der Waals surface area contributed by atoms with E-state index in [9.17, 15) is 19.6 Å². The van der Waals surface area contributed by atoms with Crippen LogP contribution in [-0.4, -0.2) is 16.1 Å². The maximum atomic E-state index is 13.5. The summed E-state index contributed by atoms with van der Waals surface area (Å²) in [5, 5.41) is 23.1. The fourth-order valence-electron chi connectivity index (χ4n) is 4.04. The molecule has 0 saturated carbocycles. The van der Waals surface area contributed by atoms with Crippen LogP contribution in [0.4, 0.5) is 10.1 Å². The standard InChI is InChI=1S/C27H22FN3O2/c1-16-13-21(17(2)30-24-6-4-3-5-20(24)27(32)33)23-15-22(18-7-9-19(28)10-8-18)25(11-12-29)31-26(23)14-16/h3-10,13-15,17,30H,11H2,1-2H3,(H,32,33). The number of para-hydroxylation sites is 1. The molecule has 0 spiro atoms. The van der Waals surface area contributed by atoms with E-state index < -0.39 is 5.97 Å². The van der Waals surface area contributed by atoms with Crippen LogP contribution in [-0.2, 0) is 6.42 Å². The molecule has 3 aromatic carbocycles. The lowest BCUT2D eigenvalue weighted by Crippen LogP contribution is -2.11. The third kappa shape index (κ3) is 4.53. The van der Waals surface area contributed by atoms with Crippen molar-refractivity contribution in [1.82, 2.24) is 4.98 Å². The monoisotopic (exact) mass is 439 g/mol. The third-order valence-electron chi connectivity index (χ3n) is 5.59. The first kappa shape index (κ1) is 22.0. The zero-order chi connectivity index (χ0) is 23.5. The molecule has 1 aromatic heterocycles. The van der Waals surface area contributed by atoms with E-state index in [1.54, 1.807) is 36.4 Å². The molecule has 0 bridgehead atoms. The van der Waals surface area contributed by atoms with Gasteiger partial charge in [0.1, 0.15) is 5.82 Å². The second-order valence-corrected chi connectivity index (χ2v) is 7.96. The van der Waals surface area contributed by atoms with Crippen molar-refractivity contribution in [3.63, 3.8) is 0 Å². The minimum absolute atomic E-state index is 0.131. The van der Waals surface area contributed by atoms with Gasteiger partial charge in [-0.15, -0.1) is 0 Å². The Labute approximate surface area is 191 Å². The molecular weight excluding hydrogens is 417 g/mol. The van der Waals surface area contributed by atoms with Crippen LogP contribution in [0.15, 0.2) is 66.7 Å². The summed E-state index contributed by atoms with van der Waals surface area (Å²) in [5.41, 5.74) is 5.60. The number of nitriles is 1. The molecule has 0 saturated heterocycles. The van der Waals surface area contributed by atoms with Gasteiger partial charge in [0.15, 0.2) is 0 Å². The topological polar surface area (TPSA) is 86.0 Å². The Morgan fingerprint density at radius 3 is 2.58 bits per heavy atom. The van der Waals surface area contributed by atoms with Crippen molar-refractivity contribution in [1.29, 1.82) is 5.26 Å². The quantitative estimate of drug-likeness (QED) is 0.369. The Bertz CT molecular complexity index is 1390. The molecule has 164 valence electrons. The van der Waals surface area contributed by atoms with Gasteiger partial charge in [0, 0.05) is 22.7 Å². The first-order chi connectivity index (χ1) is 15.9. The zero-order valence-electron chi connectivity index (χ0n) is 18.3. The average Bonchev–Trinajstić information content (AvgIpc) is 2.79. The second kappa shape index (κ2) is 9.09. The van der Waals surface area contributed by atoms with E-state index in [2.05, 4.69) is 11.4 Å². The lowest BCUT2D eigenvalue weighted by atomic mass is 9.94. The van der Waals surface area contributed by atoms with Crippen LogP contribution in [0.3, 0.4) is 0 Å². The van der Waals surface area contributed by atoms with E-state index in [1.807, 2.05) is 32.0 Å². The fraction of sp³-hybridized carbons (Fsp3) is 0.148. The Kier molecular flexibility index (Phi) is 6.05. The van der Waals surface area contributed by atoms with Gasteiger partial charge in [0.25, 0.3) is 0 Å². The average molecular weight is 439 g/mol. The van der Waals surface area contributed by atoms with E-state index in [1.165, 1.54) is 12.1 Å². The molecule has 0 aliphatic rings. The highest BCUT2D eigenvalue weighted by molar-refractivity contribution is 5.94. The lowest BCUT2D eigenvalue weighted by molar-refractivity contribution is 0.0698. The minimum Gasteiger partial charge on any atom is -0.478 e. The molecule has 5 nitrogen and oxygen atoms in total. The number of aryl methyl sites for hydroxylation is 1. The lowest BCUT2D eigenvalue weighted by Gasteiger charge is -2.21. The number of pyridine rings is 1. The number of nitrogens with zero attached hydrogens (tertiary/aromatic N) is 2. The number of hydrogen-bond acceptors (Lipinski definition) is 4. The van der Waals surface area contributed by atoms with Crippen molar-refractivity contribution in [2.45, 2.75) is 26.3 Å². The van der Waals surface area contributed by atoms with E-state index in [0.717, 1.165) is 33.2 Å². The van der Waals surface area contributed by atoms with Crippen LogP contribution in [0, 0.1) is 24.1 Å². The van der Waals surface area contributed by atoms with Crippen LogP contribution in [0.25, 0.3) is 22.0 Å². The summed E-state index contributed by atoms with van der Waals surface area (Å²) in [6.07, 6.45) is 0.131. The Hall–Kier alpha value is -4.24. The number of hydrogen-bond donors (Lipinski definition) is 2. The van der Waals surface area contributed by atoms with Gasteiger partial charge in [-0.2, -0.15) is 5.26 Å². The summed E-state index contributed by atoms with van der Waals surface area (Å²) in [6.45, 7) is 3.94. The van der Waals surface area contributed by atoms with Gasteiger partial charge in [0.05, 0.1) is 29.3 Å². The van der Waals surface area contributed by atoms with Gasteiger partial charge >= 0.3 is 5.97 Å². The summed E-state index contributed by atoms with van der Waals surface area (Å²) < 4.78 is 13.5. The number of halogens is 1. The van der Waals surface area contributed by atoms with Gasteiger partial charge in [-0.25, -0.2) is 9.18 Å². The summed E-state index contributed by atoms with van der Waals surface area (Å²) >= 11 is 0. The fourth-order valence-corrected chi connectivity index (χ4v) is 4.04. The highest BCUT2D eigenvalue weighted by atomic mass is 19.1. The predicted octanol–water partition coefficient (Wildman–Crippen LogP) is 6.29. The Balaban J connectivity index is 1.86. The number of benzene rings is 3. The molecule has 0 radical (unpaired) electrons.